The maximum absolute atomic E-state index is 10.1. The topological polar surface area (TPSA) is 141 Å². The monoisotopic (exact) mass is 286 g/mol. The minimum Gasteiger partial charge on any atom is -0.550 e. The molecule has 0 saturated heterocycles. The molecule has 0 aliphatic heterocycles. The van der Waals surface area contributed by atoms with Gasteiger partial charge in [0.15, 0.2) is 0 Å². The second-order valence-electron chi connectivity index (χ2n) is 2.42. The third-order valence-electron chi connectivity index (χ3n) is 1.25. The van der Waals surface area contributed by atoms with Crippen LogP contribution in [0, 0.1) is 0 Å². The molecular formula is C6H5GeNaO7+2. The molecule has 0 spiro atoms. The van der Waals surface area contributed by atoms with E-state index in [-0.39, 0.29) is 47.2 Å². The zero-order chi connectivity index (χ0) is 10.6. The second-order valence-corrected chi connectivity index (χ2v) is 2.42. The summed E-state index contributed by atoms with van der Waals surface area (Å²) in [7, 11) is 0. The van der Waals surface area contributed by atoms with Gasteiger partial charge in [0, 0.05) is 24.8 Å². The van der Waals surface area contributed by atoms with Crippen LogP contribution in [0.5, 0.6) is 0 Å². The SMILES string of the molecule is O=C([O-])CC(O)(CC(=O)[O-])C(=O)[O-].[Ge+4].[Na+]. The Bertz CT molecular complexity index is 238. The summed E-state index contributed by atoms with van der Waals surface area (Å²) in [5.74, 6) is -5.98. The molecule has 7 nitrogen and oxygen atoms in total. The van der Waals surface area contributed by atoms with Crippen molar-refractivity contribution in [1.82, 2.24) is 0 Å². The fourth-order valence-electron chi connectivity index (χ4n) is 0.684. The van der Waals surface area contributed by atoms with Crippen LogP contribution in [-0.4, -0.2) is 46.2 Å². The van der Waals surface area contributed by atoms with Gasteiger partial charge in [-0.3, -0.25) is 0 Å². The van der Waals surface area contributed by atoms with Gasteiger partial charge in [0.2, 0.25) is 0 Å². The van der Waals surface area contributed by atoms with Crippen molar-refractivity contribution in [1.29, 1.82) is 0 Å². The van der Waals surface area contributed by atoms with Crippen molar-refractivity contribution in [2.24, 2.45) is 0 Å². The van der Waals surface area contributed by atoms with Crippen LogP contribution < -0.4 is 44.9 Å². The molecule has 0 aromatic heterocycles. The number of hydrogen-bond donors (Lipinski definition) is 1. The number of aliphatic carboxylic acids is 3. The zero-order valence-electron chi connectivity index (χ0n) is 7.81. The minimum absolute atomic E-state index is 0. The van der Waals surface area contributed by atoms with Gasteiger partial charge in [-0.05, 0) is 0 Å². The molecule has 0 aromatic rings. The maximum Gasteiger partial charge on any atom is 4.00 e. The maximum atomic E-state index is 10.1. The van der Waals surface area contributed by atoms with Crippen molar-refractivity contribution in [3.63, 3.8) is 0 Å². The molecule has 0 heterocycles. The van der Waals surface area contributed by atoms with E-state index in [9.17, 15) is 29.7 Å². The summed E-state index contributed by atoms with van der Waals surface area (Å²) in [6.07, 6.45) is -2.72. The largest absolute Gasteiger partial charge is 4.00 e. The number of aliphatic hydroxyl groups is 1. The van der Waals surface area contributed by atoms with E-state index < -0.39 is 36.4 Å². The van der Waals surface area contributed by atoms with E-state index in [1.165, 1.54) is 0 Å². The summed E-state index contributed by atoms with van der Waals surface area (Å²) < 4.78 is 0. The molecule has 0 aliphatic carbocycles. The first kappa shape index (κ1) is 20.3. The van der Waals surface area contributed by atoms with Gasteiger partial charge in [-0.2, -0.15) is 0 Å². The van der Waals surface area contributed by atoms with Crippen molar-refractivity contribution in [3.8, 4) is 0 Å². The fourth-order valence-corrected chi connectivity index (χ4v) is 0.684. The van der Waals surface area contributed by atoms with Crippen molar-refractivity contribution in [2.75, 3.05) is 0 Å². The Kier molecular flexibility index (Phi) is 11.0. The Morgan fingerprint density at radius 2 is 1.27 bits per heavy atom. The second kappa shape index (κ2) is 8.11. The zero-order valence-corrected chi connectivity index (χ0v) is 11.9. The van der Waals surface area contributed by atoms with Crippen LogP contribution in [0.4, 0.5) is 0 Å². The molecule has 74 valence electrons. The smallest absolute Gasteiger partial charge is 0.550 e. The molecule has 0 fully saturated rings. The molecule has 0 amide bonds. The molecule has 0 radical (unpaired) electrons. The molecule has 0 saturated carbocycles. The normalized spacial score (nSPS) is 9.40. The third kappa shape index (κ3) is 7.80. The van der Waals surface area contributed by atoms with Crippen molar-refractivity contribution < 1.29 is 64.4 Å². The van der Waals surface area contributed by atoms with E-state index >= 15 is 0 Å². The van der Waals surface area contributed by atoms with Gasteiger partial charge in [0.25, 0.3) is 0 Å². The summed E-state index contributed by atoms with van der Waals surface area (Å²) >= 11 is 0. The van der Waals surface area contributed by atoms with Crippen LogP contribution in [0.25, 0.3) is 0 Å². The predicted molar refractivity (Wildman–Crippen MR) is 35.0 cm³/mol. The molecule has 0 aromatic carbocycles. The van der Waals surface area contributed by atoms with E-state index in [1.807, 2.05) is 0 Å². The molecule has 0 aliphatic rings. The van der Waals surface area contributed by atoms with E-state index in [4.69, 9.17) is 5.11 Å². The Labute approximate surface area is 118 Å². The van der Waals surface area contributed by atoms with E-state index in [0.29, 0.717) is 0 Å². The van der Waals surface area contributed by atoms with Gasteiger partial charge in [0.05, 0.1) is 5.97 Å². The minimum atomic E-state index is -2.97. The molecule has 15 heavy (non-hydrogen) atoms. The number of carboxylic acid groups (broad SMARTS) is 3. The molecule has 9 heteroatoms. The fraction of sp³-hybridized carbons (Fsp3) is 0.500. The number of carbonyl (C=O) groups is 3. The first-order valence-electron chi connectivity index (χ1n) is 3.11. The van der Waals surface area contributed by atoms with Crippen LogP contribution in [0.2, 0.25) is 0 Å². The quantitative estimate of drug-likeness (QED) is 0.494. The molecule has 0 atom stereocenters. The number of rotatable bonds is 5. The summed E-state index contributed by atoms with van der Waals surface area (Å²) in [5, 5.41) is 38.9. The Morgan fingerprint density at radius 1 is 1.00 bits per heavy atom. The molecular weight excluding hydrogens is 280 g/mol. The Hall–Kier alpha value is -0.0871. The summed E-state index contributed by atoms with van der Waals surface area (Å²) in [4.78, 5) is 30.0. The van der Waals surface area contributed by atoms with Crippen molar-refractivity contribution in [3.05, 3.63) is 0 Å². The first-order valence-corrected chi connectivity index (χ1v) is 3.11. The van der Waals surface area contributed by atoms with Crippen molar-refractivity contribution in [2.45, 2.75) is 18.4 Å². The Morgan fingerprint density at radius 3 is 1.40 bits per heavy atom. The number of hydrogen-bond acceptors (Lipinski definition) is 7. The summed E-state index contributed by atoms with van der Waals surface area (Å²) in [6.45, 7) is 0. The van der Waals surface area contributed by atoms with Gasteiger partial charge >= 0.3 is 47.2 Å². The number of carboxylic acids is 3. The van der Waals surface area contributed by atoms with Crippen LogP contribution in [0.15, 0.2) is 0 Å². The molecule has 0 rings (SSSR count). The standard InChI is InChI=1S/C6H8O7.Ge.Na/c7-3(8)1-6(13,5(11)12)2-4(9)10;;/h13H,1-2H2,(H,7,8)(H,9,10)(H,11,12);;/q;+4;+1/p-3. The van der Waals surface area contributed by atoms with E-state index in [0.717, 1.165) is 0 Å². The first-order chi connectivity index (χ1) is 5.78. The number of carbonyl (C=O) groups excluding carboxylic acids is 3. The van der Waals surface area contributed by atoms with Gasteiger partial charge < -0.3 is 34.8 Å². The molecule has 1 N–H and O–H groups in total. The third-order valence-corrected chi connectivity index (χ3v) is 1.25. The van der Waals surface area contributed by atoms with Crippen LogP contribution in [0.1, 0.15) is 12.8 Å². The van der Waals surface area contributed by atoms with Gasteiger partial charge in [0.1, 0.15) is 5.60 Å². The summed E-state index contributed by atoms with van der Waals surface area (Å²) in [6, 6.07) is 0. The van der Waals surface area contributed by atoms with Gasteiger partial charge in [-0.1, -0.05) is 0 Å². The van der Waals surface area contributed by atoms with Crippen LogP contribution in [0.3, 0.4) is 0 Å². The van der Waals surface area contributed by atoms with E-state index in [1.54, 1.807) is 0 Å². The molecule has 0 unspecified atom stereocenters. The van der Waals surface area contributed by atoms with E-state index in [2.05, 4.69) is 0 Å². The summed E-state index contributed by atoms with van der Waals surface area (Å²) in [5.41, 5.74) is -2.97. The van der Waals surface area contributed by atoms with Crippen LogP contribution in [-0.2, 0) is 14.4 Å². The van der Waals surface area contributed by atoms with Crippen LogP contribution >= 0.6 is 0 Å². The Balaban J connectivity index is -0.000000720. The van der Waals surface area contributed by atoms with Gasteiger partial charge in [-0.15, -0.1) is 0 Å². The van der Waals surface area contributed by atoms with Crippen molar-refractivity contribution >= 4 is 35.5 Å². The predicted octanol–water partition coefficient (Wildman–Crippen LogP) is -8.63. The van der Waals surface area contributed by atoms with Gasteiger partial charge in [-0.25, -0.2) is 0 Å². The average molecular weight is 285 g/mol. The molecule has 0 bridgehead atoms. The average Bonchev–Trinajstić information content (AvgIpc) is 1.82.